The monoisotopic (exact) mass is 615 g/mol. The maximum absolute atomic E-state index is 13.8. The van der Waals surface area contributed by atoms with Crippen LogP contribution in [0.1, 0.15) is 24.5 Å². The molecule has 12 nitrogen and oxygen atoms in total. The van der Waals surface area contributed by atoms with E-state index in [0.717, 1.165) is 19.1 Å². The number of anilines is 1. The smallest absolute Gasteiger partial charge is 0.368 e. The van der Waals surface area contributed by atoms with Gasteiger partial charge < -0.3 is 21.3 Å². The minimum Gasteiger partial charge on any atom is -0.368 e. The van der Waals surface area contributed by atoms with Gasteiger partial charge in [-0.1, -0.05) is 24.3 Å². The molecule has 0 radical (unpaired) electrons. The molecule has 2 aromatic carbocycles. The van der Waals surface area contributed by atoms with Crippen LogP contribution in [0.25, 0.3) is 11.1 Å². The zero-order chi connectivity index (χ0) is 32.0. The third kappa shape index (κ3) is 5.69. The van der Waals surface area contributed by atoms with Crippen molar-refractivity contribution >= 4 is 35.3 Å². The zero-order valence-electron chi connectivity index (χ0n) is 23.0. The molecular weight excluding hydrogens is 590 g/mol. The Kier molecular flexibility index (Phi) is 7.61. The molecule has 3 heterocycles. The number of hydrogen-bond donors (Lipinski definition) is 3. The Bertz CT molecular complexity index is 1670. The van der Waals surface area contributed by atoms with E-state index in [1.807, 2.05) is 0 Å². The molecule has 0 saturated carbocycles. The van der Waals surface area contributed by atoms with Crippen molar-refractivity contribution in [1.29, 1.82) is 0 Å². The fourth-order valence-corrected chi connectivity index (χ4v) is 5.19. The third-order valence-corrected chi connectivity index (χ3v) is 7.46. The molecule has 1 saturated heterocycles. The van der Waals surface area contributed by atoms with E-state index in [4.69, 9.17) is 5.73 Å². The van der Waals surface area contributed by atoms with Crippen molar-refractivity contribution in [2.75, 3.05) is 11.9 Å². The van der Waals surface area contributed by atoms with Crippen molar-refractivity contribution in [2.24, 2.45) is 5.73 Å². The lowest BCUT2D eigenvalue weighted by atomic mass is 9.81. The van der Waals surface area contributed by atoms with E-state index in [1.165, 1.54) is 35.1 Å². The Balaban J connectivity index is 1.42. The van der Waals surface area contributed by atoms with Crippen LogP contribution in [0.5, 0.6) is 0 Å². The molecule has 0 bridgehead atoms. The van der Waals surface area contributed by atoms with Crippen LogP contribution in [-0.4, -0.2) is 68.0 Å². The van der Waals surface area contributed by atoms with Crippen LogP contribution in [0.3, 0.4) is 0 Å². The second-order valence-corrected chi connectivity index (χ2v) is 10.5. The van der Waals surface area contributed by atoms with Crippen molar-refractivity contribution in [2.45, 2.75) is 44.2 Å². The molecule has 230 valence electrons. The Hall–Kier alpha value is -5.28. The molecule has 0 aliphatic carbocycles. The summed E-state index contributed by atoms with van der Waals surface area (Å²) in [5.74, 6) is -4.05. The summed E-state index contributed by atoms with van der Waals surface area (Å²) < 4.78 is 55.8. The summed E-state index contributed by atoms with van der Waals surface area (Å²) >= 11 is 0. The van der Waals surface area contributed by atoms with Crippen molar-refractivity contribution < 1.29 is 41.5 Å². The molecule has 1 aromatic heterocycles. The highest BCUT2D eigenvalue weighted by Gasteiger charge is 2.57. The molecule has 44 heavy (non-hydrogen) atoms. The highest BCUT2D eigenvalue weighted by molar-refractivity contribution is 6.14. The third-order valence-electron chi connectivity index (χ3n) is 7.46. The number of primary amides is 1. The number of hydrogen-bond acceptors (Lipinski definition) is 6. The second kappa shape index (κ2) is 11.1. The lowest BCUT2D eigenvalue weighted by molar-refractivity contribution is -0.187. The Morgan fingerprint density at radius 1 is 1.09 bits per heavy atom. The summed E-state index contributed by atoms with van der Waals surface area (Å²) in [4.78, 5) is 64.9. The summed E-state index contributed by atoms with van der Waals surface area (Å²) in [5, 5.41) is 9.17. The summed E-state index contributed by atoms with van der Waals surface area (Å²) in [6.45, 7) is -1.02. The molecule has 1 spiro atoms. The molecule has 2 aliphatic rings. The number of nitrogens with two attached hydrogens (primary N) is 1. The number of alkyl halides is 3. The van der Waals surface area contributed by atoms with Gasteiger partial charge in [0, 0.05) is 29.6 Å². The van der Waals surface area contributed by atoms with Gasteiger partial charge in [-0.3, -0.25) is 28.8 Å². The van der Waals surface area contributed by atoms with Gasteiger partial charge in [-0.25, -0.2) is 9.18 Å². The minimum atomic E-state index is -4.84. The fraction of sp³-hybridized carbons (Fsp3) is 0.286. The highest BCUT2D eigenvalue weighted by atomic mass is 19.4. The first-order valence-corrected chi connectivity index (χ1v) is 13.2. The number of carbonyl (C=O) groups excluding carboxylic acids is 5. The van der Waals surface area contributed by atoms with Crippen molar-refractivity contribution in [3.8, 4) is 11.1 Å². The number of fused-ring (bicyclic) bond motifs is 2. The van der Waals surface area contributed by atoms with Gasteiger partial charge in [0.25, 0.3) is 5.91 Å². The van der Waals surface area contributed by atoms with E-state index >= 15 is 0 Å². The molecule has 6 amide bonds. The average molecular weight is 616 g/mol. The zero-order valence-corrected chi connectivity index (χ0v) is 23.0. The predicted molar refractivity (Wildman–Crippen MR) is 144 cm³/mol. The van der Waals surface area contributed by atoms with Crippen LogP contribution in [-0.2, 0) is 37.8 Å². The SMILES string of the molecule is C[C@H](N(Cc1ccc(F)cc1)C(=O)CN1C(=O)NC2(CC(=O)Nc3cc(-c4cnn(CC(N)=O)c4)ccc32)C1=O)C(F)(F)F. The van der Waals surface area contributed by atoms with Crippen molar-refractivity contribution in [1.82, 2.24) is 24.9 Å². The molecule has 2 atom stereocenters. The summed E-state index contributed by atoms with van der Waals surface area (Å²) in [7, 11) is 0. The van der Waals surface area contributed by atoms with E-state index in [-0.39, 0.29) is 23.4 Å². The first-order chi connectivity index (χ1) is 20.7. The number of carbonyl (C=O) groups is 5. The molecule has 2 aliphatic heterocycles. The summed E-state index contributed by atoms with van der Waals surface area (Å²) in [6, 6.07) is 5.74. The minimum absolute atomic E-state index is 0.164. The number of nitrogens with zero attached hydrogens (tertiary/aromatic N) is 4. The van der Waals surface area contributed by atoms with E-state index in [2.05, 4.69) is 15.7 Å². The normalized spacial score (nSPS) is 18.6. The van der Waals surface area contributed by atoms with E-state index in [9.17, 15) is 41.5 Å². The molecular formula is C28H25F4N7O5. The molecule has 16 heteroatoms. The van der Waals surface area contributed by atoms with Crippen LogP contribution >= 0.6 is 0 Å². The van der Waals surface area contributed by atoms with E-state index < -0.39 is 72.7 Å². The Labute approximate surface area is 246 Å². The summed E-state index contributed by atoms with van der Waals surface area (Å²) in [5.41, 5.74) is 4.94. The van der Waals surface area contributed by atoms with Gasteiger partial charge in [-0.15, -0.1) is 0 Å². The van der Waals surface area contributed by atoms with Gasteiger partial charge in [0.1, 0.15) is 24.9 Å². The van der Waals surface area contributed by atoms with Gasteiger partial charge >= 0.3 is 12.2 Å². The molecule has 4 N–H and O–H groups in total. The highest BCUT2D eigenvalue weighted by Crippen LogP contribution is 2.42. The lowest BCUT2D eigenvalue weighted by Gasteiger charge is -2.34. The molecule has 1 fully saturated rings. The van der Waals surface area contributed by atoms with Gasteiger partial charge in [0.2, 0.25) is 17.7 Å². The van der Waals surface area contributed by atoms with Gasteiger partial charge in [0.15, 0.2) is 5.54 Å². The first-order valence-electron chi connectivity index (χ1n) is 13.2. The van der Waals surface area contributed by atoms with E-state index in [0.29, 0.717) is 20.9 Å². The van der Waals surface area contributed by atoms with Gasteiger partial charge in [-0.2, -0.15) is 18.3 Å². The fourth-order valence-electron chi connectivity index (χ4n) is 5.19. The maximum atomic E-state index is 13.8. The van der Waals surface area contributed by atoms with Gasteiger partial charge in [-0.05, 0) is 36.2 Å². The number of amides is 6. The number of benzene rings is 2. The number of nitrogens with one attached hydrogen (secondary N) is 2. The largest absolute Gasteiger partial charge is 0.408 e. The maximum Gasteiger partial charge on any atom is 0.408 e. The first kappa shape index (κ1) is 30.2. The Morgan fingerprint density at radius 3 is 2.45 bits per heavy atom. The van der Waals surface area contributed by atoms with Crippen LogP contribution < -0.4 is 16.4 Å². The van der Waals surface area contributed by atoms with Crippen LogP contribution in [0.4, 0.5) is 28.0 Å². The average Bonchev–Trinajstić information content (AvgIpc) is 3.49. The molecule has 1 unspecified atom stereocenters. The number of imide groups is 1. The number of aromatic nitrogens is 2. The number of halogens is 4. The summed E-state index contributed by atoms with van der Waals surface area (Å²) in [6.07, 6.45) is -2.37. The predicted octanol–water partition coefficient (Wildman–Crippen LogP) is 2.24. The molecule has 3 aromatic rings. The molecule has 5 rings (SSSR count). The quantitative estimate of drug-likeness (QED) is 0.260. The van der Waals surface area contributed by atoms with Crippen molar-refractivity contribution in [3.63, 3.8) is 0 Å². The van der Waals surface area contributed by atoms with Crippen LogP contribution in [0.15, 0.2) is 54.9 Å². The second-order valence-electron chi connectivity index (χ2n) is 10.5. The van der Waals surface area contributed by atoms with Crippen LogP contribution in [0.2, 0.25) is 0 Å². The Morgan fingerprint density at radius 2 is 1.80 bits per heavy atom. The lowest BCUT2D eigenvalue weighted by Crippen LogP contribution is -2.52. The van der Waals surface area contributed by atoms with Gasteiger partial charge in [0.05, 0.1) is 12.6 Å². The van der Waals surface area contributed by atoms with E-state index in [1.54, 1.807) is 12.3 Å². The number of rotatable bonds is 8. The topological polar surface area (TPSA) is 160 Å². The van der Waals surface area contributed by atoms with Crippen molar-refractivity contribution in [3.05, 3.63) is 71.8 Å². The standard InChI is InChI=1S/C28H25F4N7O5/c1-15(28(30,31)32)38(11-16-2-5-19(29)6-3-16)24(42)14-39-25(43)27(36-26(39)44)9-23(41)35-21-8-17(4-7-20(21)27)18-10-34-37(12-18)13-22(33)40/h2-8,10,12,15H,9,11,13-14H2,1H3,(H2,33,40)(H,35,41)(H,36,44)/t15-,27?/m0/s1. The van der Waals surface area contributed by atoms with Crippen LogP contribution in [0, 0.1) is 5.82 Å². The number of urea groups is 1.